The molecular formula is C58H99NO8. The Kier molecular flexibility index (Phi) is 46.3. The van der Waals surface area contributed by atoms with E-state index in [4.69, 9.17) is 18.9 Å². The van der Waals surface area contributed by atoms with E-state index in [0.29, 0.717) is 17.4 Å². The Hall–Kier alpha value is -3.53. The van der Waals surface area contributed by atoms with Crippen LogP contribution in [0.4, 0.5) is 0 Å². The lowest BCUT2D eigenvalue weighted by Gasteiger charge is -2.26. The van der Waals surface area contributed by atoms with E-state index < -0.39 is 24.3 Å². The third-order valence-corrected chi connectivity index (χ3v) is 11.2. The van der Waals surface area contributed by atoms with Gasteiger partial charge in [0.25, 0.3) is 0 Å². The van der Waals surface area contributed by atoms with Crippen LogP contribution in [0.25, 0.3) is 0 Å². The van der Waals surface area contributed by atoms with Crippen LogP contribution in [0, 0.1) is 0 Å². The van der Waals surface area contributed by atoms with Gasteiger partial charge in [-0.3, -0.25) is 9.59 Å². The number of allylic oxidation sites excluding steroid dienone is 14. The van der Waals surface area contributed by atoms with Gasteiger partial charge in [0.1, 0.15) is 13.2 Å². The number of carboxylic acids is 1. The first kappa shape index (κ1) is 63.5. The molecule has 0 saturated heterocycles. The molecule has 0 spiro atoms. The van der Waals surface area contributed by atoms with Crippen LogP contribution in [-0.4, -0.2) is 82.3 Å². The number of carbonyl (C=O) groups is 3. The number of rotatable bonds is 48. The van der Waals surface area contributed by atoms with E-state index >= 15 is 0 Å². The van der Waals surface area contributed by atoms with Crippen LogP contribution in [0.1, 0.15) is 206 Å². The lowest BCUT2D eigenvalue weighted by atomic mass is 10.0. The monoisotopic (exact) mass is 938 g/mol. The van der Waals surface area contributed by atoms with Crippen molar-refractivity contribution in [2.45, 2.75) is 219 Å². The molecule has 0 aromatic heterocycles. The third-order valence-electron chi connectivity index (χ3n) is 11.2. The summed E-state index contributed by atoms with van der Waals surface area (Å²) in [5.41, 5.74) is 0. The maximum Gasteiger partial charge on any atom is 0.306 e. The average Bonchev–Trinajstić information content (AvgIpc) is 3.29. The summed E-state index contributed by atoms with van der Waals surface area (Å²) in [7, 11) is 5.90. The first-order valence-corrected chi connectivity index (χ1v) is 26.7. The lowest BCUT2D eigenvalue weighted by Crippen LogP contribution is -2.44. The number of esters is 2. The van der Waals surface area contributed by atoms with Crippen LogP contribution in [0.3, 0.4) is 0 Å². The molecule has 9 heteroatoms. The summed E-state index contributed by atoms with van der Waals surface area (Å²) in [4.78, 5) is 36.7. The van der Waals surface area contributed by atoms with Gasteiger partial charge in [0.15, 0.2) is 12.4 Å². The van der Waals surface area contributed by atoms with Gasteiger partial charge in [-0.15, -0.1) is 0 Å². The molecule has 0 bridgehead atoms. The van der Waals surface area contributed by atoms with E-state index in [1.807, 2.05) is 21.1 Å². The van der Waals surface area contributed by atoms with E-state index in [1.165, 1.54) is 77.0 Å². The van der Waals surface area contributed by atoms with Crippen LogP contribution in [0.2, 0.25) is 0 Å². The van der Waals surface area contributed by atoms with Gasteiger partial charge in [0.05, 0.1) is 40.3 Å². The van der Waals surface area contributed by atoms with Gasteiger partial charge < -0.3 is 33.3 Å². The largest absolute Gasteiger partial charge is 0.545 e. The highest BCUT2D eigenvalue weighted by Crippen LogP contribution is 2.15. The fraction of sp³-hybridized carbons (Fsp3) is 0.707. The summed E-state index contributed by atoms with van der Waals surface area (Å²) in [6.45, 7) is 4.52. The zero-order chi connectivity index (χ0) is 49.2. The van der Waals surface area contributed by atoms with Gasteiger partial charge in [0, 0.05) is 12.8 Å². The van der Waals surface area contributed by atoms with E-state index in [2.05, 4.69) is 98.9 Å². The van der Waals surface area contributed by atoms with Crippen molar-refractivity contribution in [3.8, 4) is 0 Å². The Bertz CT molecular complexity index is 1370. The average molecular weight is 938 g/mol. The second kappa shape index (κ2) is 48.9. The van der Waals surface area contributed by atoms with Gasteiger partial charge in [0.2, 0.25) is 0 Å². The van der Waals surface area contributed by atoms with Crippen molar-refractivity contribution in [3.05, 3.63) is 85.1 Å². The van der Waals surface area contributed by atoms with Crippen LogP contribution in [0.5, 0.6) is 0 Å². The van der Waals surface area contributed by atoms with E-state index in [-0.39, 0.29) is 38.6 Å². The van der Waals surface area contributed by atoms with Gasteiger partial charge in [-0.1, -0.05) is 208 Å². The van der Waals surface area contributed by atoms with Crippen molar-refractivity contribution >= 4 is 17.9 Å². The minimum absolute atomic E-state index is 0.146. The zero-order valence-corrected chi connectivity index (χ0v) is 43.5. The molecule has 0 rings (SSSR count). The minimum atomic E-state index is -1.62. The standard InChI is InChI=1S/C58H99NO8/c1-6-8-10-12-13-14-15-16-17-18-19-20-21-22-23-24-25-26-27-28-29-30-31-32-33-34-35-36-37-38-39-40-41-42-43-45-47-49-56(61)67-54(52-65-55(60)48-46-44-11-9-7-2)53-66-58(57(62)63)64-51-50-59(3,4)5/h8,10,13-14,16-17,19-20,22-23,25-26,28-29,54,58H,6-7,9,11-12,15,18,21,24,27,30-53H2,1-5H3/b10-8-,14-13-,17-16-,20-19-,23-22-,26-25-,29-28-. The molecule has 0 aliphatic heterocycles. The summed E-state index contributed by atoms with van der Waals surface area (Å²) >= 11 is 0. The number of carbonyl (C=O) groups excluding carboxylic acids is 3. The van der Waals surface area contributed by atoms with Crippen molar-refractivity contribution in [2.75, 3.05) is 47.5 Å². The highest BCUT2D eigenvalue weighted by atomic mass is 16.7. The van der Waals surface area contributed by atoms with Gasteiger partial charge >= 0.3 is 11.9 Å². The molecule has 0 aliphatic rings. The maximum absolute atomic E-state index is 12.7. The van der Waals surface area contributed by atoms with Crippen molar-refractivity contribution in [1.29, 1.82) is 0 Å². The van der Waals surface area contributed by atoms with E-state index in [0.717, 1.165) is 96.3 Å². The molecule has 0 aliphatic carbocycles. The van der Waals surface area contributed by atoms with Crippen LogP contribution >= 0.6 is 0 Å². The first-order chi connectivity index (χ1) is 32.6. The van der Waals surface area contributed by atoms with Crippen LogP contribution in [0.15, 0.2) is 85.1 Å². The minimum Gasteiger partial charge on any atom is -0.545 e. The SMILES string of the molecule is CC/C=C\C/C=C\C/C=C\C/C=C\C/C=C\C/C=C\C/C=C\CCCCCCCCCCCCCCCCCC(=O)OC(COC(=O)CCCCCCC)COC(OCC[N+](C)(C)C)C(=O)[O-]. The first-order valence-electron chi connectivity index (χ1n) is 26.7. The number of hydrogen-bond donors (Lipinski definition) is 0. The summed E-state index contributed by atoms with van der Waals surface area (Å²) < 4.78 is 22.4. The molecule has 384 valence electrons. The number of carboxylic acid groups (broad SMARTS) is 1. The van der Waals surface area contributed by atoms with Crippen LogP contribution < -0.4 is 5.11 Å². The molecule has 0 amide bonds. The Labute approximate surface area is 410 Å². The predicted octanol–water partition coefficient (Wildman–Crippen LogP) is 13.9. The molecular weight excluding hydrogens is 839 g/mol. The highest BCUT2D eigenvalue weighted by Gasteiger charge is 2.22. The molecule has 0 radical (unpaired) electrons. The molecule has 67 heavy (non-hydrogen) atoms. The number of unbranched alkanes of at least 4 members (excludes halogenated alkanes) is 19. The van der Waals surface area contributed by atoms with Crippen molar-refractivity contribution < 1.29 is 42.9 Å². The zero-order valence-electron chi connectivity index (χ0n) is 43.5. The summed E-state index contributed by atoms with van der Waals surface area (Å²) in [5.74, 6) is -2.30. The molecule has 2 unspecified atom stereocenters. The molecule has 0 heterocycles. The van der Waals surface area contributed by atoms with Gasteiger partial charge in [-0.25, -0.2) is 0 Å². The molecule has 0 aromatic rings. The van der Waals surface area contributed by atoms with Crippen molar-refractivity contribution in [3.63, 3.8) is 0 Å². The maximum atomic E-state index is 12.7. The summed E-state index contributed by atoms with van der Waals surface area (Å²) in [6.07, 6.45) is 61.3. The van der Waals surface area contributed by atoms with Crippen LogP contribution in [-0.2, 0) is 33.3 Å². The normalized spacial score (nSPS) is 13.5. The van der Waals surface area contributed by atoms with Crippen molar-refractivity contribution in [2.24, 2.45) is 0 Å². The van der Waals surface area contributed by atoms with E-state index in [9.17, 15) is 19.5 Å². The molecule has 2 atom stereocenters. The summed E-state index contributed by atoms with van der Waals surface area (Å²) in [5, 5.41) is 11.7. The number of nitrogens with zero attached hydrogens (tertiary/aromatic N) is 1. The summed E-state index contributed by atoms with van der Waals surface area (Å²) in [6, 6.07) is 0. The van der Waals surface area contributed by atoms with E-state index in [1.54, 1.807) is 0 Å². The molecule has 9 nitrogen and oxygen atoms in total. The quantitative estimate of drug-likeness (QED) is 0.0195. The van der Waals surface area contributed by atoms with Crippen molar-refractivity contribution in [1.82, 2.24) is 0 Å². The second-order valence-electron chi connectivity index (χ2n) is 18.8. The second-order valence-corrected chi connectivity index (χ2v) is 18.8. The number of quaternary nitrogens is 1. The molecule has 0 fully saturated rings. The van der Waals surface area contributed by atoms with Gasteiger partial charge in [-0.2, -0.15) is 0 Å². The lowest BCUT2D eigenvalue weighted by molar-refractivity contribution is -0.870. The van der Waals surface area contributed by atoms with Gasteiger partial charge in [-0.05, 0) is 70.6 Å². The Balaban J connectivity index is 3.93. The fourth-order valence-electron chi connectivity index (χ4n) is 7.04. The number of ether oxygens (including phenoxy) is 4. The highest BCUT2D eigenvalue weighted by molar-refractivity contribution is 5.70. The Morgan fingerprint density at radius 3 is 1.27 bits per heavy atom. The predicted molar refractivity (Wildman–Crippen MR) is 278 cm³/mol. The number of hydrogen-bond acceptors (Lipinski definition) is 8. The third kappa shape index (κ3) is 50.2. The topological polar surface area (TPSA) is 111 Å². The molecule has 0 aromatic carbocycles. The smallest absolute Gasteiger partial charge is 0.306 e. The Morgan fingerprint density at radius 2 is 0.851 bits per heavy atom. The molecule has 0 saturated carbocycles. The number of aliphatic carboxylic acids is 1. The Morgan fingerprint density at radius 1 is 0.463 bits per heavy atom. The fourth-order valence-corrected chi connectivity index (χ4v) is 7.04. The molecule has 0 N–H and O–H groups in total. The number of likely N-dealkylation sites (N-methyl/N-ethyl adjacent to an activating group) is 1.